The van der Waals surface area contributed by atoms with Gasteiger partial charge in [-0.25, -0.2) is 0 Å². The first-order valence-corrected chi connectivity index (χ1v) is 14.0. The third-order valence-electron chi connectivity index (χ3n) is 8.43. The van der Waals surface area contributed by atoms with Crippen molar-refractivity contribution in [2.24, 2.45) is 0 Å². The second-order valence-electron chi connectivity index (χ2n) is 11.3. The Hall–Kier alpha value is -5.29. The number of nitrogens with zero attached hydrogens (tertiary/aromatic N) is 1. The van der Waals surface area contributed by atoms with Gasteiger partial charge in [-0.3, -0.25) is 24.0 Å². The lowest BCUT2D eigenvalue weighted by Crippen LogP contribution is -2.52. The third kappa shape index (κ3) is 3.89. The summed E-state index contributed by atoms with van der Waals surface area (Å²) in [5.41, 5.74) is -5.78. The van der Waals surface area contributed by atoms with Crippen LogP contribution in [0.5, 0.6) is 11.5 Å². The minimum absolute atomic E-state index is 0.0285. The monoisotopic (exact) mass is 596 g/mol. The number of H-pyrrole nitrogens is 1. The van der Waals surface area contributed by atoms with E-state index in [1.807, 2.05) is 13.0 Å². The van der Waals surface area contributed by atoms with E-state index in [4.69, 9.17) is 4.74 Å². The molecule has 224 valence electrons. The number of fused-ring (bicyclic) bond motifs is 4. The molecule has 1 aromatic heterocycles. The van der Waals surface area contributed by atoms with E-state index < -0.39 is 76.6 Å². The maximum absolute atomic E-state index is 13.8. The van der Waals surface area contributed by atoms with E-state index in [0.717, 1.165) is 6.07 Å². The fraction of sp³-hybridized carbons (Fsp3) is 0.242. The molecule has 0 amide bonds. The van der Waals surface area contributed by atoms with Crippen LogP contribution in [0.3, 0.4) is 0 Å². The van der Waals surface area contributed by atoms with E-state index in [-0.39, 0.29) is 30.4 Å². The number of hydrogen-bond donors (Lipinski definition) is 4. The summed E-state index contributed by atoms with van der Waals surface area (Å²) < 4.78 is 5.45. The number of aryl methyl sites for hydroxylation is 1. The zero-order valence-electron chi connectivity index (χ0n) is 24.1. The van der Waals surface area contributed by atoms with Gasteiger partial charge in [-0.2, -0.15) is 0 Å². The average Bonchev–Trinajstić information content (AvgIpc) is 3.45. The minimum atomic E-state index is -1.94. The van der Waals surface area contributed by atoms with Gasteiger partial charge in [0.05, 0.1) is 26.3 Å². The van der Waals surface area contributed by atoms with Crippen molar-refractivity contribution in [1.82, 2.24) is 9.88 Å². The molecule has 6 rings (SSSR count). The standard InChI is InChI=1S/C33H28N2O9/c1-4-5-6-7-17-13-16-12-15-8-9-33(25(15)29(40)20(16)32(43)34-17)30(41)23-24(31(33)42)28(39)22-21(27(23)38)18(36)14-19(26(22)37)44-11-10-35(2)3/h4-7,12-14,40-42H,8-11H2,1-3H3,(H,34,43)/t33-/m0/s1. The van der Waals surface area contributed by atoms with Crippen molar-refractivity contribution in [3.63, 3.8) is 0 Å². The highest BCUT2D eigenvalue weighted by atomic mass is 16.5. The van der Waals surface area contributed by atoms with E-state index in [2.05, 4.69) is 4.98 Å². The Morgan fingerprint density at radius 3 is 2.25 bits per heavy atom. The SMILES string of the molecule is CC=CC=Cc1cc2cc3c(c(O)c2c(=O)[nH]1)[C@@]1(CC3)C(O)=c2c(=O)c3c(=O)cc(OCCN(C)C)c(=O)c=3c(=O)c2=C1O. The molecule has 0 bridgehead atoms. The number of benzene rings is 1. The van der Waals surface area contributed by atoms with Gasteiger partial charge in [0.25, 0.3) is 5.56 Å². The number of aromatic nitrogens is 1. The average molecular weight is 597 g/mol. The lowest BCUT2D eigenvalue weighted by molar-refractivity contribution is 0.259. The van der Waals surface area contributed by atoms with Gasteiger partial charge in [0.15, 0.2) is 11.2 Å². The lowest BCUT2D eigenvalue weighted by Gasteiger charge is -2.27. The van der Waals surface area contributed by atoms with Crippen LogP contribution in [-0.4, -0.2) is 52.5 Å². The molecule has 44 heavy (non-hydrogen) atoms. The maximum Gasteiger partial charge on any atom is 0.260 e. The molecule has 1 heterocycles. The Balaban J connectivity index is 1.65. The second-order valence-corrected chi connectivity index (χ2v) is 11.3. The van der Waals surface area contributed by atoms with Gasteiger partial charge in [0.2, 0.25) is 16.3 Å². The van der Waals surface area contributed by atoms with Crippen LogP contribution in [0.25, 0.3) is 28.4 Å². The minimum Gasteiger partial charge on any atom is -0.510 e. The number of ether oxygens (including phenoxy) is 1. The first-order chi connectivity index (χ1) is 20.9. The summed E-state index contributed by atoms with van der Waals surface area (Å²) in [6, 6.07) is 4.16. The Morgan fingerprint density at radius 1 is 0.909 bits per heavy atom. The van der Waals surface area contributed by atoms with Crippen LogP contribution >= 0.6 is 0 Å². The van der Waals surface area contributed by atoms with Crippen LogP contribution in [0.1, 0.15) is 30.2 Å². The zero-order valence-corrected chi connectivity index (χ0v) is 24.1. The Kier molecular flexibility index (Phi) is 6.66. The topological polar surface area (TPSA) is 174 Å². The number of aliphatic hydroxyl groups is 2. The first-order valence-electron chi connectivity index (χ1n) is 14.0. The molecule has 1 spiro atoms. The van der Waals surface area contributed by atoms with Crippen molar-refractivity contribution < 1.29 is 20.1 Å². The summed E-state index contributed by atoms with van der Waals surface area (Å²) in [6.07, 6.45) is 7.15. The van der Waals surface area contributed by atoms with E-state index in [9.17, 15) is 39.3 Å². The van der Waals surface area contributed by atoms with Crippen LogP contribution in [-0.2, 0) is 11.8 Å². The molecule has 0 radical (unpaired) electrons. The number of phenols is 1. The van der Waals surface area contributed by atoms with Gasteiger partial charge in [0, 0.05) is 23.9 Å². The van der Waals surface area contributed by atoms with Gasteiger partial charge in [0.1, 0.15) is 29.3 Å². The van der Waals surface area contributed by atoms with Crippen molar-refractivity contribution >= 4 is 28.4 Å². The Morgan fingerprint density at radius 2 is 1.59 bits per heavy atom. The summed E-state index contributed by atoms with van der Waals surface area (Å²) in [5, 5.41) is 32.4. The highest BCUT2D eigenvalue weighted by Gasteiger charge is 2.53. The van der Waals surface area contributed by atoms with E-state index in [1.54, 1.807) is 49.4 Å². The third-order valence-corrected chi connectivity index (χ3v) is 8.43. The van der Waals surface area contributed by atoms with Crippen molar-refractivity contribution in [3.8, 4) is 11.5 Å². The molecule has 4 N–H and O–H groups in total. The lowest BCUT2D eigenvalue weighted by atomic mass is 9.78. The number of aromatic hydroxyl groups is 1. The number of hydrogen-bond acceptors (Lipinski definition) is 10. The molecule has 1 aromatic carbocycles. The predicted molar refractivity (Wildman–Crippen MR) is 165 cm³/mol. The molecular weight excluding hydrogens is 568 g/mol. The molecule has 4 aliphatic carbocycles. The van der Waals surface area contributed by atoms with Gasteiger partial charge < -0.3 is 29.9 Å². The Bertz CT molecular complexity index is 2450. The molecule has 0 saturated heterocycles. The van der Waals surface area contributed by atoms with Gasteiger partial charge in [-0.05, 0) is 57.0 Å². The van der Waals surface area contributed by atoms with Crippen molar-refractivity contribution in [1.29, 1.82) is 0 Å². The molecule has 1 atom stereocenters. The molecule has 11 nitrogen and oxygen atoms in total. The van der Waals surface area contributed by atoms with Crippen LogP contribution < -0.4 is 42.4 Å². The number of nitrogens with one attached hydrogen (secondary N) is 1. The summed E-state index contributed by atoms with van der Waals surface area (Å²) in [4.78, 5) is 71.5. The summed E-state index contributed by atoms with van der Waals surface area (Å²) in [5.74, 6) is -2.41. The van der Waals surface area contributed by atoms with E-state index >= 15 is 0 Å². The van der Waals surface area contributed by atoms with Crippen LogP contribution in [0, 0.1) is 10.4 Å². The van der Waals surface area contributed by atoms with Gasteiger partial charge in [-0.1, -0.05) is 24.3 Å². The van der Waals surface area contributed by atoms with Gasteiger partial charge in [-0.15, -0.1) is 0 Å². The quantitative estimate of drug-likeness (QED) is 0.223. The maximum atomic E-state index is 13.8. The molecule has 0 unspecified atom stereocenters. The smallest absolute Gasteiger partial charge is 0.260 e. The highest BCUT2D eigenvalue weighted by molar-refractivity contribution is 5.94. The molecule has 0 fully saturated rings. The molecule has 4 aliphatic rings. The van der Waals surface area contributed by atoms with Gasteiger partial charge >= 0.3 is 0 Å². The predicted octanol–water partition coefficient (Wildman–Crippen LogP) is 0.0348. The molecule has 11 heteroatoms. The number of allylic oxidation sites excluding steroid dienone is 3. The van der Waals surface area contributed by atoms with Crippen LogP contribution in [0.4, 0.5) is 0 Å². The summed E-state index contributed by atoms with van der Waals surface area (Å²) in [7, 11) is 3.56. The Labute approximate surface area is 247 Å². The fourth-order valence-corrected chi connectivity index (χ4v) is 6.42. The number of pyridine rings is 1. The number of aliphatic hydroxyl groups excluding tert-OH is 2. The summed E-state index contributed by atoms with van der Waals surface area (Å²) >= 11 is 0. The zero-order chi connectivity index (χ0) is 31.7. The van der Waals surface area contributed by atoms with E-state index in [1.165, 1.54) is 0 Å². The van der Waals surface area contributed by atoms with Crippen LogP contribution in [0.2, 0.25) is 0 Å². The summed E-state index contributed by atoms with van der Waals surface area (Å²) in [6.45, 7) is 2.28. The first kappa shape index (κ1) is 28.8. The van der Waals surface area contributed by atoms with Crippen molar-refractivity contribution in [3.05, 3.63) is 125 Å². The molecular formula is C33H28N2O9. The van der Waals surface area contributed by atoms with Crippen molar-refractivity contribution in [2.75, 3.05) is 27.2 Å². The number of likely N-dealkylation sites (N-methyl/N-ethyl adjacent to an activating group) is 1. The van der Waals surface area contributed by atoms with E-state index in [0.29, 0.717) is 23.2 Å². The number of aromatic amines is 1. The molecule has 2 aromatic rings. The number of phenolic OH excluding ortho intramolecular Hbond substituents is 1. The normalized spacial score (nSPS) is 17.7. The largest absolute Gasteiger partial charge is 0.510 e. The van der Waals surface area contributed by atoms with Crippen molar-refractivity contribution in [2.45, 2.75) is 25.2 Å². The fourth-order valence-electron chi connectivity index (χ4n) is 6.42. The number of rotatable bonds is 6. The van der Waals surface area contributed by atoms with Crippen LogP contribution in [0.15, 0.2) is 60.4 Å². The molecule has 0 aliphatic heterocycles. The molecule has 0 saturated carbocycles. The highest BCUT2D eigenvalue weighted by Crippen LogP contribution is 2.54. The second kappa shape index (κ2) is 10.2.